The van der Waals surface area contributed by atoms with Gasteiger partial charge in [-0.05, 0) is 31.0 Å². The van der Waals surface area contributed by atoms with Gasteiger partial charge in [0, 0.05) is 25.0 Å². The summed E-state index contributed by atoms with van der Waals surface area (Å²) in [6.45, 7) is 6.10. The summed E-state index contributed by atoms with van der Waals surface area (Å²) in [5.41, 5.74) is 1.31. The number of carbonyl (C=O) groups excluding carboxylic acids is 1. The first-order valence-electron chi connectivity index (χ1n) is 7.17. The average molecular weight is 266 g/mol. The number of ether oxygens (including phenoxy) is 1. The van der Waals surface area contributed by atoms with Gasteiger partial charge in [0.05, 0.1) is 13.5 Å². The fourth-order valence-corrected chi connectivity index (χ4v) is 2.12. The molecule has 0 amide bonds. The number of nitrogens with zero attached hydrogens (tertiary/aromatic N) is 1. The van der Waals surface area contributed by atoms with Gasteiger partial charge in [0.1, 0.15) is 0 Å². The highest BCUT2D eigenvalue weighted by atomic mass is 16.5. The van der Waals surface area contributed by atoms with Gasteiger partial charge in [-0.25, -0.2) is 0 Å². The largest absolute Gasteiger partial charge is 0.469 e. The van der Waals surface area contributed by atoms with Gasteiger partial charge < -0.3 is 14.6 Å². The quantitative estimate of drug-likeness (QED) is 0.699. The molecule has 4 nitrogen and oxygen atoms in total. The Morgan fingerprint density at radius 1 is 1.42 bits per heavy atom. The minimum atomic E-state index is -0.163. The zero-order valence-corrected chi connectivity index (χ0v) is 12.3. The molecule has 19 heavy (non-hydrogen) atoms. The van der Waals surface area contributed by atoms with Gasteiger partial charge in [-0.15, -0.1) is 0 Å². The third-order valence-corrected chi connectivity index (χ3v) is 3.20. The Balaban J connectivity index is 2.56. The average Bonchev–Trinajstić information content (AvgIpc) is 2.89. The van der Waals surface area contributed by atoms with Crippen molar-refractivity contribution in [3.63, 3.8) is 0 Å². The number of nitrogens with one attached hydrogen (secondary N) is 1. The highest BCUT2D eigenvalue weighted by Gasteiger charge is 2.11. The molecule has 108 valence electrons. The first-order chi connectivity index (χ1) is 9.21. The molecule has 1 aromatic rings. The minimum absolute atomic E-state index is 0.163. The van der Waals surface area contributed by atoms with Crippen LogP contribution in [0.25, 0.3) is 0 Å². The molecule has 1 aromatic heterocycles. The number of carbonyl (C=O) groups is 1. The molecule has 0 radical (unpaired) electrons. The Hall–Kier alpha value is -1.29. The molecule has 0 aliphatic heterocycles. The summed E-state index contributed by atoms with van der Waals surface area (Å²) >= 11 is 0. The van der Waals surface area contributed by atoms with Gasteiger partial charge in [0.2, 0.25) is 0 Å². The molecule has 1 atom stereocenters. The van der Waals surface area contributed by atoms with E-state index in [0.717, 1.165) is 25.8 Å². The molecule has 0 spiro atoms. The van der Waals surface area contributed by atoms with Crippen LogP contribution in [0.15, 0.2) is 18.5 Å². The third kappa shape index (κ3) is 5.47. The van der Waals surface area contributed by atoms with Crippen molar-refractivity contribution >= 4 is 5.97 Å². The van der Waals surface area contributed by atoms with Crippen molar-refractivity contribution < 1.29 is 9.53 Å². The molecule has 0 aromatic carbocycles. The molecule has 0 fully saturated rings. The second-order valence-corrected chi connectivity index (χ2v) is 4.80. The van der Waals surface area contributed by atoms with E-state index in [-0.39, 0.29) is 5.97 Å². The van der Waals surface area contributed by atoms with E-state index in [1.807, 2.05) is 6.20 Å². The summed E-state index contributed by atoms with van der Waals surface area (Å²) in [5.74, 6) is -0.163. The van der Waals surface area contributed by atoms with E-state index >= 15 is 0 Å². The Labute approximate surface area is 116 Å². The number of aryl methyl sites for hydroxylation is 1. The van der Waals surface area contributed by atoms with E-state index in [1.54, 1.807) is 0 Å². The molecule has 0 aliphatic rings. The van der Waals surface area contributed by atoms with Gasteiger partial charge in [0.15, 0.2) is 0 Å². The standard InChI is InChI=1S/C15H26N2O2/c1-4-6-14(16-9-5-2)13-7-10-17(12-13)11-8-15(18)19-3/h7,10,12,14,16H,4-6,8-9,11H2,1-3H3. The van der Waals surface area contributed by atoms with Crippen LogP contribution < -0.4 is 5.32 Å². The highest BCUT2D eigenvalue weighted by Crippen LogP contribution is 2.19. The lowest BCUT2D eigenvalue weighted by Gasteiger charge is -2.16. The van der Waals surface area contributed by atoms with Crippen LogP contribution in [0, 0.1) is 0 Å². The van der Waals surface area contributed by atoms with Crippen LogP contribution in [0.1, 0.15) is 51.1 Å². The summed E-state index contributed by atoms with van der Waals surface area (Å²) in [7, 11) is 1.43. The summed E-state index contributed by atoms with van der Waals surface area (Å²) in [6.07, 6.45) is 8.03. The van der Waals surface area contributed by atoms with Crippen molar-refractivity contribution in [1.29, 1.82) is 0 Å². The van der Waals surface area contributed by atoms with Crippen molar-refractivity contribution in [2.75, 3.05) is 13.7 Å². The summed E-state index contributed by atoms with van der Waals surface area (Å²) < 4.78 is 6.71. The van der Waals surface area contributed by atoms with Crippen molar-refractivity contribution in [1.82, 2.24) is 9.88 Å². The lowest BCUT2D eigenvalue weighted by atomic mass is 10.1. The Kier molecular flexibility index (Phi) is 7.26. The lowest BCUT2D eigenvalue weighted by molar-refractivity contribution is -0.140. The molecular weight excluding hydrogens is 240 g/mol. The number of esters is 1. The normalized spacial score (nSPS) is 12.4. The first kappa shape index (κ1) is 15.8. The topological polar surface area (TPSA) is 43.3 Å². The molecule has 0 saturated carbocycles. The Morgan fingerprint density at radius 2 is 2.21 bits per heavy atom. The molecule has 0 aliphatic carbocycles. The van der Waals surface area contributed by atoms with Gasteiger partial charge in [-0.1, -0.05) is 20.3 Å². The second-order valence-electron chi connectivity index (χ2n) is 4.80. The predicted octanol–water partition coefficient (Wildman–Crippen LogP) is 2.89. The van der Waals surface area contributed by atoms with Crippen molar-refractivity contribution in [2.45, 2.75) is 52.1 Å². The molecular formula is C15H26N2O2. The van der Waals surface area contributed by atoms with Crippen LogP contribution in [0.3, 0.4) is 0 Å². The second kappa shape index (κ2) is 8.75. The monoisotopic (exact) mass is 266 g/mol. The van der Waals surface area contributed by atoms with E-state index in [4.69, 9.17) is 0 Å². The number of rotatable bonds is 9. The van der Waals surface area contributed by atoms with E-state index in [1.165, 1.54) is 12.7 Å². The van der Waals surface area contributed by atoms with Gasteiger partial charge in [-0.2, -0.15) is 0 Å². The fourth-order valence-electron chi connectivity index (χ4n) is 2.12. The van der Waals surface area contributed by atoms with Crippen molar-refractivity contribution in [3.05, 3.63) is 24.0 Å². The van der Waals surface area contributed by atoms with Crippen molar-refractivity contribution in [2.24, 2.45) is 0 Å². The first-order valence-corrected chi connectivity index (χ1v) is 7.17. The zero-order valence-electron chi connectivity index (χ0n) is 12.3. The molecule has 4 heteroatoms. The summed E-state index contributed by atoms with van der Waals surface area (Å²) in [5, 5.41) is 3.57. The molecule has 1 unspecified atom stereocenters. The maximum Gasteiger partial charge on any atom is 0.307 e. The Bertz CT molecular complexity index is 374. The third-order valence-electron chi connectivity index (χ3n) is 3.20. The van der Waals surface area contributed by atoms with Crippen LogP contribution in [0.5, 0.6) is 0 Å². The predicted molar refractivity (Wildman–Crippen MR) is 77.0 cm³/mol. The molecule has 1 N–H and O–H groups in total. The van der Waals surface area contributed by atoms with E-state index in [2.05, 4.69) is 40.7 Å². The maximum absolute atomic E-state index is 11.1. The van der Waals surface area contributed by atoms with Crippen LogP contribution in [-0.4, -0.2) is 24.2 Å². The summed E-state index contributed by atoms with van der Waals surface area (Å²) in [6, 6.07) is 2.56. The summed E-state index contributed by atoms with van der Waals surface area (Å²) in [4.78, 5) is 11.1. The van der Waals surface area contributed by atoms with E-state index in [0.29, 0.717) is 19.0 Å². The van der Waals surface area contributed by atoms with Gasteiger partial charge >= 0.3 is 5.97 Å². The Morgan fingerprint density at radius 3 is 2.84 bits per heavy atom. The maximum atomic E-state index is 11.1. The number of methoxy groups -OCH3 is 1. The lowest BCUT2D eigenvalue weighted by Crippen LogP contribution is -2.21. The van der Waals surface area contributed by atoms with Gasteiger partial charge in [-0.3, -0.25) is 4.79 Å². The minimum Gasteiger partial charge on any atom is -0.469 e. The highest BCUT2D eigenvalue weighted by molar-refractivity contribution is 5.68. The van der Waals surface area contributed by atoms with Crippen LogP contribution in [-0.2, 0) is 16.1 Å². The number of hydrogen-bond acceptors (Lipinski definition) is 3. The van der Waals surface area contributed by atoms with Crippen LogP contribution >= 0.6 is 0 Å². The SMILES string of the molecule is CCCNC(CCC)c1ccn(CCC(=O)OC)c1. The van der Waals surface area contributed by atoms with Gasteiger partial charge in [0.25, 0.3) is 0 Å². The van der Waals surface area contributed by atoms with Crippen molar-refractivity contribution in [3.8, 4) is 0 Å². The van der Waals surface area contributed by atoms with E-state index < -0.39 is 0 Å². The van der Waals surface area contributed by atoms with E-state index in [9.17, 15) is 4.79 Å². The number of aromatic nitrogens is 1. The fraction of sp³-hybridized carbons (Fsp3) is 0.667. The molecule has 1 rings (SSSR count). The van der Waals surface area contributed by atoms with Crippen LogP contribution in [0.4, 0.5) is 0 Å². The number of hydrogen-bond donors (Lipinski definition) is 1. The van der Waals surface area contributed by atoms with Crippen LogP contribution in [0.2, 0.25) is 0 Å². The molecule has 0 saturated heterocycles. The molecule has 1 heterocycles. The zero-order chi connectivity index (χ0) is 14.1. The molecule has 0 bridgehead atoms. The smallest absolute Gasteiger partial charge is 0.307 e.